The first-order chi connectivity index (χ1) is 15.2. The van der Waals surface area contributed by atoms with Crippen LogP contribution >= 0.6 is 11.6 Å². The van der Waals surface area contributed by atoms with Crippen LogP contribution in [0.5, 0.6) is 0 Å². The van der Waals surface area contributed by atoms with Gasteiger partial charge in [-0.3, -0.25) is 19.7 Å². The van der Waals surface area contributed by atoms with Gasteiger partial charge in [0.05, 0.1) is 33.4 Å². The summed E-state index contributed by atoms with van der Waals surface area (Å²) in [6, 6.07) is 8.34. The molecule has 1 aromatic heterocycles. The summed E-state index contributed by atoms with van der Waals surface area (Å²) >= 11 is 6.04. The number of halogens is 1. The van der Waals surface area contributed by atoms with E-state index in [9.17, 15) is 28.1 Å². The van der Waals surface area contributed by atoms with Crippen molar-refractivity contribution in [3.05, 3.63) is 84.7 Å². The molecule has 3 aromatic rings. The summed E-state index contributed by atoms with van der Waals surface area (Å²) in [6.07, 6.45) is 0.201. The summed E-state index contributed by atoms with van der Waals surface area (Å²) in [7, 11) is -3.35. The molecule has 0 spiro atoms. The number of sulfone groups is 1. The van der Waals surface area contributed by atoms with E-state index in [1.165, 1.54) is 41.3 Å². The van der Waals surface area contributed by atoms with E-state index in [0.717, 1.165) is 0 Å². The molecule has 2 aromatic carbocycles. The van der Waals surface area contributed by atoms with Crippen molar-refractivity contribution in [3.63, 3.8) is 0 Å². The van der Waals surface area contributed by atoms with Crippen LogP contribution in [0.2, 0.25) is 5.02 Å². The van der Waals surface area contributed by atoms with E-state index in [1.807, 2.05) is 0 Å². The molecule has 0 bridgehead atoms. The van der Waals surface area contributed by atoms with Crippen LogP contribution < -0.4 is 5.43 Å². The molecule has 164 valence electrons. The highest BCUT2D eigenvalue weighted by atomic mass is 35.5. The molecular formula is C21H15ClN2O7S. The summed E-state index contributed by atoms with van der Waals surface area (Å²) in [5.74, 6) is -1.14. The van der Waals surface area contributed by atoms with Gasteiger partial charge >= 0.3 is 0 Å². The SMILES string of the molecule is O=C1c2oc3ccc(Cl)cc3c(=O)c2C(c2cccc([N+](=O)[O-])c2)N1C1CCS(=O)(=O)C1. The van der Waals surface area contributed by atoms with Gasteiger partial charge in [0.15, 0.2) is 15.3 Å². The van der Waals surface area contributed by atoms with Crippen LogP contribution in [0, 0.1) is 10.1 Å². The van der Waals surface area contributed by atoms with Crippen molar-refractivity contribution in [1.29, 1.82) is 0 Å². The molecule has 5 rings (SSSR count). The lowest BCUT2D eigenvalue weighted by molar-refractivity contribution is -0.384. The van der Waals surface area contributed by atoms with Crippen molar-refractivity contribution in [2.75, 3.05) is 11.5 Å². The van der Waals surface area contributed by atoms with Crippen molar-refractivity contribution >= 4 is 44.0 Å². The fraction of sp³-hybridized carbons (Fsp3) is 0.238. The van der Waals surface area contributed by atoms with Crippen LogP contribution in [0.25, 0.3) is 11.0 Å². The summed E-state index contributed by atoms with van der Waals surface area (Å²) in [5, 5.41) is 11.8. The number of fused-ring (bicyclic) bond motifs is 2. The number of rotatable bonds is 3. The third kappa shape index (κ3) is 3.18. The second kappa shape index (κ2) is 7.14. The number of nitro benzene ring substituents is 1. The summed E-state index contributed by atoms with van der Waals surface area (Å²) in [5.41, 5.74) is -0.184. The van der Waals surface area contributed by atoms with Gasteiger partial charge in [-0.25, -0.2) is 8.42 Å². The number of hydrogen-bond donors (Lipinski definition) is 0. The Kier molecular flexibility index (Phi) is 4.61. The highest BCUT2D eigenvalue weighted by Gasteiger charge is 2.48. The molecule has 1 fully saturated rings. The monoisotopic (exact) mass is 474 g/mol. The van der Waals surface area contributed by atoms with E-state index in [2.05, 4.69) is 0 Å². The lowest BCUT2D eigenvalue weighted by Crippen LogP contribution is -2.40. The summed E-state index contributed by atoms with van der Waals surface area (Å²) in [6.45, 7) is 0. The molecule has 2 aliphatic heterocycles. The molecule has 1 saturated heterocycles. The van der Waals surface area contributed by atoms with Gasteiger partial charge in [-0.1, -0.05) is 23.7 Å². The van der Waals surface area contributed by atoms with Gasteiger partial charge < -0.3 is 9.32 Å². The first-order valence-corrected chi connectivity index (χ1v) is 11.9. The van der Waals surface area contributed by atoms with Crippen molar-refractivity contribution in [2.45, 2.75) is 18.5 Å². The number of benzene rings is 2. The van der Waals surface area contributed by atoms with Gasteiger partial charge in [-0.05, 0) is 30.2 Å². The van der Waals surface area contributed by atoms with Crippen LogP contribution in [-0.4, -0.2) is 41.7 Å². The van der Waals surface area contributed by atoms with E-state index >= 15 is 0 Å². The van der Waals surface area contributed by atoms with E-state index in [1.54, 1.807) is 6.07 Å². The smallest absolute Gasteiger partial charge is 0.291 e. The number of carbonyl (C=O) groups is 1. The van der Waals surface area contributed by atoms with Crippen molar-refractivity contribution in [3.8, 4) is 0 Å². The van der Waals surface area contributed by atoms with Crippen LogP contribution in [0.15, 0.2) is 51.7 Å². The molecule has 2 atom stereocenters. The Morgan fingerprint density at radius 1 is 1.16 bits per heavy atom. The maximum absolute atomic E-state index is 13.5. The average Bonchev–Trinajstić information content (AvgIpc) is 3.25. The molecule has 0 aliphatic carbocycles. The number of carbonyl (C=O) groups excluding carboxylic acids is 1. The minimum absolute atomic E-state index is 0.0227. The molecular weight excluding hydrogens is 460 g/mol. The maximum Gasteiger partial charge on any atom is 0.291 e. The zero-order valence-electron chi connectivity index (χ0n) is 16.4. The number of amides is 1. The van der Waals surface area contributed by atoms with Crippen molar-refractivity contribution in [1.82, 2.24) is 4.90 Å². The predicted octanol–water partition coefficient (Wildman–Crippen LogP) is 3.09. The van der Waals surface area contributed by atoms with E-state index in [4.69, 9.17) is 16.0 Å². The molecule has 32 heavy (non-hydrogen) atoms. The summed E-state index contributed by atoms with van der Waals surface area (Å²) in [4.78, 5) is 38.9. The van der Waals surface area contributed by atoms with Gasteiger partial charge in [0.1, 0.15) is 5.58 Å². The zero-order chi connectivity index (χ0) is 22.8. The molecule has 9 nitrogen and oxygen atoms in total. The third-order valence-corrected chi connectivity index (χ3v) is 7.85. The second-order valence-electron chi connectivity index (χ2n) is 7.84. The largest absolute Gasteiger partial charge is 0.450 e. The molecule has 11 heteroatoms. The van der Waals surface area contributed by atoms with E-state index < -0.39 is 38.2 Å². The molecule has 1 amide bonds. The Hall–Kier alpha value is -3.24. The third-order valence-electron chi connectivity index (χ3n) is 5.87. The lowest BCUT2D eigenvalue weighted by atomic mass is 9.97. The molecule has 0 radical (unpaired) electrons. The standard InChI is InChI=1S/C21H15ClN2O7S/c22-12-4-5-16-15(9-12)19(25)17-18(11-2-1-3-13(8-11)24(27)28)23(21(26)20(17)31-16)14-6-7-32(29,30)10-14/h1-5,8-9,14,18H,6-7,10H2. The second-order valence-corrected chi connectivity index (χ2v) is 10.5. The van der Waals surface area contributed by atoms with Gasteiger partial charge in [-0.15, -0.1) is 0 Å². The van der Waals surface area contributed by atoms with Crippen molar-refractivity contribution < 1.29 is 22.6 Å². The van der Waals surface area contributed by atoms with Crippen LogP contribution in [-0.2, 0) is 9.84 Å². The van der Waals surface area contributed by atoms with Crippen LogP contribution in [0.3, 0.4) is 0 Å². The fourth-order valence-electron chi connectivity index (χ4n) is 4.47. The Bertz CT molecular complexity index is 1480. The number of hydrogen-bond acceptors (Lipinski definition) is 7. The number of non-ortho nitro benzene ring substituents is 1. The molecule has 0 N–H and O–H groups in total. The zero-order valence-corrected chi connectivity index (χ0v) is 17.9. The quantitative estimate of drug-likeness (QED) is 0.421. The van der Waals surface area contributed by atoms with Crippen LogP contribution in [0.4, 0.5) is 5.69 Å². The maximum atomic E-state index is 13.5. The van der Waals surface area contributed by atoms with E-state index in [-0.39, 0.29) is 45.9 Å². The highest BCUT2D eigenvalue weighted by Crippen LogP contribution is 2.42. The molecule has 3 heterocycles. The van der Waals surface area contributed by atoms with Crippen LogP contribution in [0.1, 0.15) is 34.1 Å². The Morgan fingerprint density at radius 2 is 1.94 bits per heavy atom. The molecule has 0 saturated carbocycles. The Balaban J connectivity index is 1.78. The lowest BCUT2D eigenvalue weighted by Gasteiger charge is -2.30. The van der Waals surface area contributed by atoms with Gasteiger partial charge in [0.2, 0.25) is 5.76 Å². The fourth-order valence-corrected chi connectivity index (χ4v) is 6.35. The van der Waals surface area contributed by atoms with Crippen molar-refractivity contribution in [2.24, 2.45) is 0 Å². The van der Waals surface area contributed by atoms with Gasteiger partial charge in [0.25, 0.3) is 11.6 Å². The topological polar surface area (TPSA) is 128 Å². The van der Waals surface area contributed by atoms with Gasteiger partial charge in [-0.2, -0.15) is 0 Å². The normalized spacial score (nSPS) is 21.8. The minimum Gasteiger partial charge on any atom is -0.450 e. The Labute approximate surface area is 186 Å². The molecule has 2 unspecified atom stereocenters. The number of nitro groups is 1. The first kappa shape index (κ1) is 20.7. The van der Waals surface area contributed by atoms with E-state index in [0.29, 0.717) is 10.6 Å². The minimum atomic E-state index is -3.35. The summed E-state index contributed by atoms with van der Waals surface area (Å²) < 4.78 is 30.1. The highest BCUT2D eigenvalue weighted by molar-refractivity contribution is 7.91. The number of nitrogens with zero attached hydrogens (tertiary/aromatic N) is 2. The van der Waals surface area contributed by atoms with Gasteiger partial charge in [0, 0.05) is 23.2 Å². The predicted molar refractivity (Wildman–Crippen MR) is 116 cm³/mol. The molecule has 2 aliphatic rings. The average molecular weight is 475 g/mol. The first-order valence-electron chi connectivity index (χ1n) is 9.70. The Morgan fingerprint density at radius 3 is 2.62 bits per heavy atom.